The number of benzene rings is 1. The minimum atomic E-state index is 0.511. The lowest BCUT2D eigenvalue weighted by Gasteiger charge is -2.12. The maximum absolute atomic E-state index is 5.43. The number of ether oxygens (including phenoxy) is 1. The van der Waals surface area contributed by atoms with Crippen LogP contribution in [0.5, 0.6) is 5.75 Å². The fourth-order valence-electron chi connectivity index (χ4n) is 1.46. The zero-order valence-corrected chi connectivity index (χ0v) is 14.8. The molecule has 0 amide bonds. The number of rotatable bonds is 4. The third kappa shape index (κ3) is 4.11. The van der Waals surface area contributed by atoms with Gasteiger partial charge in [-0.3, -0.25) is 0 Å². The molecule has 0 aliphatic heterocycles. The average Bonchev–Trinajstić information content (AvgIpc) is 2.24. The van der Waals surface area contributed by atoms with Gasteiger partial charge in [-0.2, -0.15) is 0 Å². The number of halogens is 3. The van der Waals surface area contributed by atoms with Crippen LogP contribution in [0.4, 0.5) is 0 Å². The van der Waals surface area contributed by atoms with Crippen molar-refractivity contribution in [1.29, 1.82) is 0 Å². The van der Waals surface area contributed by atoms with Crippen molar-refractivity contribution in [1.82, 2.24) is 0 Å². The van der Waals surface area contributed by atoms with Gasteiger partial charge in [-0.15, -0.1) is 0 Å². The third-order valence-corrected chi connectivity index (χ3v) is 4.17. The Hall–Kier alpha value is 0.200. The molecule has 0 saturated carbocycles. The molecule has 0 aliphatic carbocycles. The molecule has 4 heteroatoms. The van der Waals surface area contributed by atoms with E-state index in [4.69, 9.17) is 4.74 Å². The SMILES string of the molecule is COc1c(Br)cc(Br)cc1C=C(CBr)C(C)C. The zero-order valence-electron chi connectivity index (χ0n) is 10.1. The monoisotopic (exact) mass is 424 g/mol. The normalized spacial score (nSPS) is 12.1. The molecule has 0 unspecified atom stereocenters. The van der Waals surface area contributed by atoms with Gasteiger partial charge in [0.2, 0.25) is 0 Å². The fourth-order valence-corrected chi connectivity index (χ4v) is 3.69. The highest BCUT2D eigenvalue weighted by molar-refractivity contribution is 9.11. The molecule has 0 bridgehead atoms. The number of methoxy groups -OCH3 is 1. The van der Waals surface area contributed by atoms with Crippen LogP contribution < -0.4 is 4.74 Å². The standard InChI is InChI=1S/C13H15Br3O/c1-8(2)10(7-14)4-9-5-11(15)6-12(16)13(9)17-3/h4-6,8H,7H2,1-3H3. The summed E-state index contributed by atoms with van der Waals surface area (Å²) in [5.41, 5.74) is 2.42. The molecule has 0 radical (unpaired) electrons. The lowest BCUT2D eigenvalue weighted by atomic mass is 10.0. The van der Waals surface area contributed by atoms with Crippen LogP contribution in [-0.4, -0.2) is 12.4 Å². The Kier molecular flexibility index (Phi) is 6.24. The van der Waals surface area contributed by atoms with Crippen LogP contribution >= 0.6 is 47.8 Å². The molecule has 17 heavy (non-hydrogen) atoms. The number of hydrogen-bond acceptors (Lipinski definition) is 1. The van der Waals surface area contributed by atoms with Crippen molar-refractivity contribution in [2.24, 2.45) is 5.92 Å². The summed E-state index contributed by atoms with van der Waals surface area (Å²) in [7, 11) is 1.69. The summed E-state index contributed by atoms with van der Waals surface area (Å²) < 4.78 is 7.42. The van der Waals surface area contributed by atoms with Crippen molar-refractivity contribution >= 4 is 53.9 Å². The Labute approximate surface area is 128 Å². The first-order chi connectivity index (χ1) is 7.99. The Morgan fingerprint density at radius 3 is 2.47 bits per heavy atom. The van der Waals surface area contributed by atoms with E-state index in [1.165, 1.54) is 5.57 Å². The smallest absolute Gasteiger partial charge is 0.140 e. The lowest BCUT2D eigenvalue weighted by Crippen LogP contribution is -1.96. The second kappa shape index (κ2) is 6.95. The van der Waals surface area contributed by atoms with Crippen molar-refractivity contribution in [3.8, 4) is 5.75 Å². The maximum Gasteiger partial charge on any atom is 0.140 e. The minimum absolute atomic E-state index is 0.511. The molecule has 1 aromatic rings. The van der Waals surface area contributed by atoms with E-state index in [2.05, 4.69) is 73.8 Å². The molecule has 0 saturated heterocycles. The van der Waals surface area contributed by atoms with Crippen molar-refractivity contribution in [3.63, 3.8) is 0 Å². The minimum Gasteiger partial charge on any atom is -0.495 e. The summed E-state index contributed by atoms with van der Waals surface area (Å²) in [4.78, 5) is 0. The molecule has 1 rings (SSSR count). The van der Waals surface area contributed by atoms with Crippen molar-refractivity contribution in [2.45, 2.75) is 13.8 Å². The number of allylic oxidation sites excluding steroid dienone is 1. The Bertz CT molecular complexity index is 425. The van der Waals surface area contributed by atoms with E-state index in [1.54, 1.807) is 7.11 Å². The molecule has 0 spiro atoms. The first-order valence-electron chi connectivity index (χ1n) is 5.29. The first kappa shape index (κ1) is 15.3. The van der Waals surface area contributed by atoms with Gasteiger partial charge in [-0.1, -0.05) is 57.4 Å². The van der Waals surface area contributed by atoms with Gasteiger partial charge in [-0.25, -0.2) is 0 Å². The number of alkyl halides is 1. The van der Waals surface area contributed by atoms with E-state index in [0.29, 0.717) is 5.92 Å². The highest BCUT2D eigenvalue weighted by Gasteiger charge is 2.09. The molecule has 0 N–H and O–H groups in total. The van der Waals surface area contributed by atoms with Crippen LogP contribution in [0.15, 0.2) is 26.7 Å². The van der Waals surface area contributed by atoms with E-state index in [1.807, 2.05) is 6.07 Å². The topological polar surface area (TPSA) is 9.23 Å². The molecular weight excluding hydrogens is 412 g/mol. The van der Waals surface area contributed by atoms with Crippen molar-refractivity contribution in [2.75, 3.05) is 12.4 Å². The molecule has 94 valence electrons. The quantitative estimate of drug-likeness (QED) is 0.565. The number of hydrogen-bond donors (Lipinski definition) is 0. The van der Waals surface area contributed by atoms with E-state index >= 15 is 0 Å². The average molecular weight is 427 g/mol. The molecule has 0 heterocycles. The Morgan fingerprint density at radius 2 is 2.00 bits per heavy atom. The Morgan fingerprint density at radius 1 is 1.35 bits per heavy atom. The van der Waals surface area contributed by atoms with Gasteiger partial charge in [0, 0.05) is 15.4 Å². The summed E-state index contributed by atoms with van der Waals surface area (Å²) in [5.74, 6) is 1.38. The lowest BCUT2D eigenvalue weighted by molar-refractivity contribution is 0.411. The molecule has 1 aromatic carbocycles. The van der Waals surface area contributed by atoms with Gasteiger partial charge >= 0.3 is 0 Å². The van der Waals surface area contributed by atoms with Gasteiger partial charge in [0.05, 0.1) is 11.6 Å². The molecule has 1 nitrogen and oxygen atoms in total. The molecule has 0 fully saturated rings. The van der Waals surface area contributed by atoms with Crippen LogP contribution in [0.25, 0.3) is 6.08 Å². The summed E-state index contributed by atoms with van der Waals surface area (Å²) in [6.07, 6.45) is 2.17. The van der Waals surface area contributed by atoms with Crippen molar-refractivity contribution in [3.05, 3.63) is 32.2 Å². The third-order valence-electron chi connectivity index (χ3n) is 2.48. The zero-order chi connectivity index (χ0) is 13.0. The van der Waals surface area contributed by atoms with Gasteiger partial charge in [0.15, 0.2) is 0 Å². The van der Waals surface area contributed by atoms with E-state index in [-0.39, 0.29) is 0 Å². The van der Waals surface area contributed by atoms with Crippen molar-refractivity contribution < 1.29 is 4.74 Å². The predicted molar refractivity (Wildman–Crippen MR) is 85.0 cm³/mol. The molecule has 0 aromatic heterocycles. The first-order valence-corrected chi connectivity index (χ1v) is 7.99. The van der Waals surface area contributed by atoms with Crippen LogP contribution in [0.2, 0.25) is 0 Å². The molecular formula is C13H15Br3O. The molecule has 0 aliphatic rings. The fraction of sp³-hybridized carbons (Fsp3) is 0.385. The van der Waals surface area contributed by atoms with E-state index in [9.17, 15) is 0 Å². The van der Waals surface area contributed by atoms with E-state index in [0.717, 1.165) is 25.6 Å². The second-order valence-electron chi connectivity index (χ2n) is 4.02. The van der Waals surface area contributed by atoms with Gasteiger partial charge in [0.25, 0.3) is 0 Å². The van der Waals surface area contributed by atoms with Crippen LogP contribution in [0.3, 0.4) is 0 Å². The van der Waals surface area contributed by atoms with E-state index < -0.39 is 0 Å². The summed E-state index contributed by atoms with van der Waals surface area (Å²) in [6.45, 7) is 4.37. The predicted octanol–water partition coefficient (Wildman–Crippen LogP) is 5.65. The molecule has 0 atom stereocenters. The highest BCUT2D eigenvalue weighted by atomic mass is 79.9. The summed E-state index contributed by atoms with van der Waals surface area (Å²) in [5, 5.41) is 0.873. The summed E-state index contributed by atoms with van der Waals surface area (Å²) in [6, 6.07) is 4.05. The Balaban J connectivity index is 3.29. The second-order valence-corrected chi connectivity index (χ2v) is 6.35. The van der Waals surface area contributed by atoms with Gasteiger partial charge in [0.1, 0.15) is 5.75 Å². The van der Waals surface area contributed by atoms with Crippen LogP contribution in [0.1, 0.15) is 19.4 Å². The highest BCUT2D eigenvalue weighted by Crippen LogP contribution is 2.34. The van der Waals surface area contributed by atoms with Crippen LogP contribution in [-0.2, 0) is 0 Å². The van der Waals surface area contributed by atoms with Gasteiger partial charge in [-0.05, 0) is 34.0 Å². The largest absolute Gasteiger partial charge is 0.495 e. The maximum atomic E-state index is 5.43. The summed E-state index contributed by atoms with van der Waals surface area (Å²) >= 11 is 10.5. The van der Waals surface area contributed by atoms with Crippen LogP contribution in [0, 0.1) is 5.92 Å². The van der Waals surface area contributed by atoms with Gasteiger partial charge < -0.3 is 4.74 Å².